The number of halogens is 1. The summed E-state index contributed by atoms with van der Waals surface area (Å²) in [5, 5.41) is 1.95. The molecular formula is C12H9ClN2S. The van der Waals surface area contributed by atoms with Gasteiger partial charge in [-0.2, -0.15) is 0 Å². The van der Waals surface area contributed by atoms with Gasteiger partial charge in [-0.3, -0.25) is 4.98 Å². The lowest BCUT2D eigenvalue weighted by atomic mass is 10.1. The molecule has 16 heavy (non-hydrogen) atoms. The second kappa shape index (κ2) is 3.61. The Labute approximate surface area is 102 Å². The first-order valence-electron chi connectivity index (χ1n) is 4.89. The van der Waals surface area contributed by atoms with Gasteiger partial charge in [0.2, 0.25) is 0 Å². The van der Waals surface area contributed by atoms with Gasteiger partial charge >= 0.3 is 0 Å². The highest BCUT2D eigenvalue weighted by Gasteiger charge is 2.09. The first kappa shape index (κ1) is 9.87. The van der Waals surface area contributed by atoms with E-state index in [1.54, 1.807) is 11.3 Å². The summed E-state index contributed by atoms with van der Waals surface area (Å²) >= 11 is 7.68. The molecule has 0 unspecified atom stereocenters. The largest absolute Gasteiger partial charge is 0.350 e. The van der Waals surface area contributed by atoms with Crippen molar-refractivity contribution in [2.45, 2.75) is 0 Å². The molecule has 0 spiro atoms. The standard InChI is InChI=1S/C12H9ClN2S/c1-15-6-10(12-5-14-7-16-12)9-4-8(13)2-3-11(9)15/h2-7H,1H3. The minimum Gasteiger partial charge on any atom is -0.350 e. The fraction of sp³-hybridized carbons (Fsp3) is 0.0833. The van der Waals surface area contributed by atoms with Crippen LogP contribution in [0.5, 0.6) is 0 Å². The predicted octanol–water partition coefficient (Wildman–Crippen LogP) is 3.96. The molecule has 0 saturated heterocycles. The third-order valence-corrected chi connectivity index (χ3v) is 3.69. The Kier molecular flexibility index (Phi) is 2.23. The van der Waals surface area contributed by atoms with Gasteiger partial charge in [-0.25, -0.2) is 0 Å². The minimum atomic E-state index is 0.768. The van der Waals surface area contributed by atoms with Crippen molar-refractivity contribution in [1.82, 2.24) is 9.55 Å². The Hall–Kier alpha value is -1.32. The molecule has 0 saturated carbocycles. The van der Waals surface area contributed by atoms with Crippen LogP contribution in [0.25, 0.3) is 21.3 Å². The first-order chi connectivity index (χ1) is 7.75. The monoisotopic (exact) mass is 248 g/mol. The summed E-state index contributed by atoms with van der Waals surface area (Å²) < 4.78 is 2.11. The second-order valence-electron chi connectivity index (χ2n) is 3.68. The first-order valence-corrected chi connectivity index (χ1v) is 6.15. The zero-order valence-electron chi connectivity index (χ0n) is 8.64. The Morgan fingerprint density at radius 1 is 1.38 bits per heavy atom. The summed E-state index contributed by atoms with van der Waals surface area (Å²) in [5.41, 5.74) is 4.23. The molecule has 3 aromatic rings. The summed E-state index contributed by atoms with van der Waals surface area (Å²) in [6.45, 7) is 0. The molecule has 2 heterocycles. The van der Waals surface area contributed by atoms with Gasteiger partial charge in [-0.15, -0.1) is 11.3 Å². The minimum absolute atomic E-state index is 0.768. The number of aryl methyl sites for hydroxylation is 1. The van der Waals surface area contributed by atoms with Crippen LogP contribution in [0.15, 0.2) is 36.1 Å². The highest BCUT2D eigenvalue weighted by molar-refractivity contribution is 7.13. The van der Waals surface area contributed by atoms with Crippen molar-refractivity contribution >= 4 is 33.8 Å². The summed E-state index contributed by atoms with van der Waals surface area (Å²) in [6, 6.07) is 5.97. The molecule has 2 nitrogen and oxygen atoms in total. The molecule has 0 amide bonds. The van der Waals surface area contributed by atoms with E-state index in [9.17, 15) is 0 Å². The number of hydrogen-bond donors (Lipinski definition) is 0. The second-order valence-corrected chi connectivity index (χ2v) is 5.00. The third kappa shape index (κ3) is 1.44. The Balaban J connectivity index is 2.37. The van der Waals surface area contributed by atoms with Gasteiger partial charge < -0.3 is 4.57 Å². The normalized spacial score (nSPS) is 11.1. The average molecular weight is 249 g/mol. The van der Waals surface area contributed by atoms with Gasteiger partial charge in [-0.05, 0) is 18.2 Å². The lowest BCUT2D eigenvalue weighted by molar-refractivity contribution is 0.970. The average Bonchev–Trinajstić information content (AvgIpc) is 2.86. The van der Waals surface area contributed by atoms with Crippen LogP contribution in [0.3, 0.4) is 0 Å². The van der Waals surface area contributed by atoms with Crippen LogP contribution >= 0.6 is 22.9 Å². The van der Waals surface area contributed by atoms with Gasteiger partial charge in [0.05, 0.1) is 10.4 Å². The Morgan fingerprint density at radius 2 is 2.25 bits per heavy atom. The van der Waals surface area contributed by atoms with E-state index in [1.165, 1.54) is 21.3 Å². The van der Waals surface area contributed by atoms with Crippen molar-refractivity contribution in [1.29, 1.82) is 0 Å². The van der Waals surface area contributed by atoms with Crippen molar-refractivity contribution in [3.05, 3.63) is 41.1 Å². The zero-order chi connectivity index (χ0) is 11.1. The van der Waals surface area contributed by atoms with Crippen molar-refractivity contribution in [2.24, 2.45) is 7.05 Å². The van der Waals surface area contributed by atoms with Crippen LogP contribution in [0.2, 0.25) is 5.02 Å². The van der Waals surface area contributed by atoms with E-state index in [4.69, 9.17) is 11.6 Å². The molecule has 0 N–H and O–H groups in total. The summed E-state index contributed by atoms with van der Waals surface area (Å²) in [7, 11) is 2.04. The van der Waals surface area contributed by atoms with Crippen LogP contribution in [-0.4, -0.2) is 9.55 Å². The number of aromatic nitrogens is 2. The maximum absolute atomic E-state index is 6.04. The third-order valence-electron chi connectivity index (χ3n) is 2.65. The molecule has 2 aromatic heterocycles. The van der Waals surface area contributed by atoms with E-state index in [0.717, 1.165) is 5.02 Å². The smallest absolute Gasteiger partial charge is 0.0797 e. The Morgan fingerprint density at radius 3 is 3.00 bits per heavy atom. The van der Waals surface area contributed by atoms with Crippen molar-refractivity contribution in [2.75, 3.05) is 0 Å². The number of nitrogens with zero attached hydrogens (tertiary/aromatic N) is 2. The van der Waals surface area contributed by atoms with E-state index in [-0.39, 0.29) is 0 Å². The highest BCUT2D eigenvalue weighted by atomic mass is 35.5. The molecule has 0 aliphatic rings. The lowest BCUT2D eigenvalue weighted by Gasteiger charge is -1.96. The molecule has 1 aromatic carbocycles. The molecule has 0 bridgehead atoms. The molecule has 0 atom stereocenters. The van der Waals surface area contributed by atoms with Crippen LogP contribution in [-0.2, 0) is 7.05 Å². The molecule has 80 valence electrons. The lowest BCUT2D eigenvalue weighted by Crippen LogP contribution is -1.82. The van der Waals surface area contributed by atoms with Gasteiger partial charge in [0.15, 0.2) is 0 Å². The van der Waals surface area contributed by atoms with E-state index in [0.29, 0.717) is 0 Å². The summed E-state index contributed by atoms with van der Waals surface area (Å²) in [6.07, 6.45) is 4.01. The van der Waals surface area contributed by atoms with Gasteiger partial charge in [0.25, 0.3) is 0 Å². The van der Waals surface area contributed by atoms with E-state index in [2.05, 4.69) is 15.7 Å². The maximum atomic E-state index is 6.04. The molecule has 0 aliphatic heterocycles. The summed E-state index contributed by atoms with van der Waals surface area (Å²) in [4.78, 5) is 5.29. The van der Waals surface area contributed by atoms with Crippen molar-refractivity contribution in [3.8, 4) is 10.4 Å². The topological polar surface area (TPSA) is 17.8 Å². The van der Waals surface area contributed by atoms with E-state index >= 15 is 0 Å². The number of fused-ring (bicyclic) bond motifs is 1. The fourth-order valence-electron chi connectivity index (χ4n) is 1.91. The van der Waals surface area contributed by atoms with E-state index < -0.39 is 0 Å². The van der Waals surface area contributed by atoms with Crippen molar-refractivity contribution in [3.63, 3.8) is 0 Å². The number of benzene rings is 1. The highest BCUT2D eigenvalue weighted by Crippen LogP contribution is 2.33. The molecular weight excluding hydrogens is 240 g/mol. The fourth-order valence-corrected chi connectivity index (χ4v) is 2.73. The maximum Gasteiger partial charge on any atom is 0.0797 e. The molecule has 3 rings (SSSR count). The predicted molar refractivity (Wildman–Crippen MR) is 69.0 cm³/mol. The zero-order valence-corrected chi connectivity index (χ0v) is 10.2. The number of thiazole rings is 1. The summed E-state index contributed by atoms with van der Waals surface area (Å²) in [5.74, 6) is 0. The molecule has 4 heteroatoms. The number of rotatable bonds is 1. The quantitative estimate of drug-likeness (QED) is 0.638. The van der Waals surface area contributed by atoms with Gasteiger partial charge in [-0.1, -0.05) is 11.6 Å². The van der Waals surface area contributed by atoms with Crippen LogP contribution in [0.4, 0.5) is 0 Å². The van der Waals surface area contributed by atoms with Gasteiger partial charge in [0, 0.05) is 40.9 Å². The molecule has 0 radical (unpaired) electrons. The molecule has 0 fully saturated rings. The van der Waals surface area contributed by atoms with Crippen LogP contribution in [0, 0.1) is 0 Å². The van der Waals surface area contributed by atoms with Gasteiger partial charge in [0.1, 0.15) is 0 Å². The van der Waals surface area contributed by atoms with Crippen LogP contribution < -0.4 is 0 Å². The van der Waals surface area contributed by atoms with Crippen molar-refractivity contribution < 1.29 is 0 Å². The van der Waals surface area contributed by atoms with E-state index in [1.807, 2.05) is 37.0 Å². The molecule has 0 aliphatic carbocycles. The number of hydrogen-bond acceptors (Lipinski definition) is 2. The SMILES string of the molecule is Cn1cc(-c2cncs2)c2cc(Cl)ccc21. The Bertz CT molecular complexity index is 640. The van der Waals surface area contributed by atoms with Crippen LogP contribution in [0.1, 0.15) is 0 Å².